The van der Waals surface area contributed by atoms with Crippen molar-refractivity contribution in [3.63, 3.8) is 0 Å². The number of nitrogens with zero attached hydrogens (tertiary/aromatic N) is 1. The van der Waals surface area contributed by atoms with E-state index in [0.29, 0.717) is 0 Å². The lowest BCUT2D eigenvalue weighted by Crippen LogP contribution is -2.11. The van der Waals surface area contributed by atoms with Gasteiger partial charge in [0.2, 0.25) is 0 Å². The molecule has 0 fully saturated rings. The molecule has 1 aliphatic heterocycles. The summed E-state index contributed by atoms with van der Waals surface area (Å²) in [5.74, 6) is 2.07. The van der Waals surface area contributed by atoms with Crippen LogP contribution in [0.5, 0.6) is 11.5 Å². The van der Waals surface area contributed by atoms with Crippen molar-refractivity contribution in [2.45, 2.75) is 12.3 Å². The third-order valence-corrected chi connectivity index (χ3v) is 9.83. The Kier molecular flexibility index (Phi) is 7.68. The molecule has 238 valence electrons. The number of hydrogen-bond donors (Lipinski definition) is 0. The monoisotopic (exact) mass is 641 g/mol. The van der Waals surface area contributed by atoms with Gasteiger partial charge in [0, 0.05) is 39.5 Å². The van der Waals surface area contributed by atoms with Crippen LogP contribution in [0, 0.1) is 0 Å². The minimum atomic E-state index is 0.270. The van der Waals surface area contributed by atoms with Crippen LogP contribution in [0.2, 0.25) is 0 Å². The van der Waals surface area contributed by atoms with Gasteiger partial charge >= 0.3 is 0 Å². The molecule has 0 N–H and O–H groups in total. The van der Waals surface area contributed by atoms with E-state index in [1.54, 1.807) is 0 Å². The summed E-state index contributed by atoms with van der Waals surface area (Å²) < 4.78 is 7.00. The standard InChI is InChI=1S/C48H35NO/c1-4-15-34(16-5-1)35-27-29-38(30-28-35)49(46-26-13-12-21-40(46)36-17-6-2-7-18-36)39-31-32-47-45(33-39)43-23-11-10-22-42(43)44-25-14-24-41(48(44)50-47)37-19-8-3-9-20-37/h1-19,21-33,37H,20H2. The molecule has 2 nitrogen and oxygen atoms in total. The topological polar surface area (TPSA) is 12.5 Å². The van der Waals surface area contributed by atoms with Crippen LogP contribution < -0.4 is 9.64 Å². The Bertz CT molecular complexity index is 2370. The van der Waals surface area contributed by atoms with Crippen molar-refractivity contribution in [3.05, 3.63) is 200 Å². The lowest BCUT2D eigenvalue weighted by molar-refractivity contribution is 0.478. The van der Waals surface area contributed by atoms with E-state index in [1.807, 2.05) is 0 Å². The molecular weight excluding hydrogens is 607 g/mol. The summed E-state index contributed by atoms with van der Waals surface area (Å²) in [4.78, 5) is 2.38. The second-order valence-electron chi connectivity index (χ2n) is 12.8. The largest absolute Gasteiger partial charge is 0.456 e. The second kappa shape index (κ2) is 12.9. The Balaban J connectivity index is 1.22. The highest BCUT2D eigenvalue weighted by Crippen LogP contribution is 2.52. The van der Waals surface area contributed by atoms with Gasteiger partial charge in [0.25, 0.3) is 0 Å². The van der Waals surface area contributed by atoms with E-state index in [4.69, 9.17) is 4.74 Å². The third-order valence-electron chi connectivity index (χ3n) is 9.83. The second-order valence-corrected chi connectivity index (χ2v) is 12.8. The summed E-state index contributed by atoms with van der Waals surface area (Å²) in [5, 5.41) is 0. The lowest BCUT2D eigenvalue weighted by atomic mass is 9.88. The normalized spacial score (nSPS) is 14.1. The Hall–Kier alpha value is -6.38. The highest BCUT2D eigenvalue weighted by Gasteiger charge is 2.27. The highest BCUT2D eigenvalue weighted by molar-refractivity contribution is 5.95. The maximum atomic E-state index is 7.00. The first-order chi connectivity index (χ1) is 24.8. The molecule has 50 heavy (non-hydrogen) atoms. The predicted molar refractivity (Wildman–Crippen MR) is 209 cm³/mol. The fraction of sp³-hybridized carbons (Fsp3) is 0.0417. The zero-order chi connectivity index (χ0) is 33.3. The van der Waals surface area contributed by atoms with Gasteiger partial charge in [-0.05, 0) is 70.6 Å². The lowest BCUT2D eigenvalue weighted by Gasteiger charge is -2.29. The van der Waals surface area contributed by atoms with Crippen LogP contribution in [-0.2, 0) is 0 Å². The SMILES string of the molecule is C1=CCC(c2cccc3c2Oc2ccc(N(c4ccc(-c5ccccc5)cc4)c4ccccc4-c4ccccc4)cc2-c2ccccc2-3)C=C1. The van der Waals surface area contributed by atoms with Crippen LogP contribution in [0.3, 0.4) is 0 Å². The Morgan fingerprint density at radius 1 is 0.460 bits per heavy atom. The molecule has 9 rings (SSSR count). The van der Waals surface area contributed by atoms with Crippen molar-refractivity contribution < 1.29 is 4.74 Å². The number of rotatable bonds is 6. The molecule has 1 heterocycles. The Labute approximate surface area is 293 Å². The summed E-state index contributed by atoms with van der Waals surface area (Å²) in [6.45, 7) is 0. The summed E-state index contributed by atoms with van der Waals surface area (Å²) in [5.41, 5.74) is 13.7. The first kappa shape index (κ1) is 29.7. The van der Waals surface area contributed by atoms with Gasteiger partial charge in [0.15, 0.2) is 0 Å². The summed E-state index contributed by atoms with van der Waals surface area (Å²) in [6, 6.07) is 60.7. The molecule has 7 aromatic carbocycles. The zero-order valence-electron chi connectivity index (χ0n) is 27.6. The minimum Gasteiger partial charge on any atom is -0.456 e. The van der Waals surface area contributed by atoms with E-state index >= 15 is 0 Å². The summed E-state index contributed by atoms with van der Waals surface area (Å²) in [7, 11) is 0. The molecule has 0 spiro atoms. The van der Waals surface area contributed by atoms with Gasteiger partial charge in [-0.3, -0.25) is 0 Å². The fourth-order valence-corrected chi connectivity index (χ4v) is 7.39. The molecule has 2 aliphatic rings. The molecule has 0 bridgehead atoms. The number of hydrogen-bond acceptors (Lipinski definition) is 2. The maximum Gasteiger partial charge on any atom is 0.139 e. The molecule has 1 aliphatic carbocycles. The van der Waals surface area contributed by atoms with E-state index < -0.39 is 0 Å². The van der Waals surface area contributed by atoms with Crippen LogP contribution in [0.1, 0.15) is 17.9 Å². The van der Waals surface area contributed by atoms with E-state index in [2.05, 4.69) is 199 Å². The molecule has 0 aromatic heterocycles. The highest BCUT2D eigenvalue weighted by atomic mass is 16.5. The number of benzene rings is 7. The van der Waals surface area contributed by atoms with E-state index in [0.717, 1.165) is 51.7 Å². The molecule has 0 saturated heterocycles. The predicted octanol–water partition coefficient (Wildman–Crippen LogP) is 13.5. The van der Waals surface area contributed by atoms with E-state index in [-0.39, 0.29) is 5.92 Å². The van der Waals surface area contributed by atoms with Crippen molar-refractivity contribution in [2.24, 2.45) is 0 Å². The first-order valence-electron chi connectivity index (χ1n) is 17.3. The Morgan fingerprint density at radius 3 is 1.82 bits per heavy atom. The van der Waals surface area contributed by atoms with Gasteiger partial charge in [-0.2, -0.15) is 0 Å². The quantitative estimate of drug-likeness (QED) is 0.179. The molecule has 0 amide bonds. The van der Waals surface area contributed by atoms with Gasteiger partial charge < -0.3 is 9.64 Å². The van der Waals surface area contributed by atoms with Gasteiger partial charge in [0.1, 0.15) is 11.5 Å². The fourth-order valence-electron chi connectivity index (χ4n) is 7.39. The van der Waals surface area contributed by atoms with Gasteiger partial charge in [-0.15, -0.1) is 0 Å². The molecule has 0 radical (unpaired) electrons. The molecule has 1 atom stereocenters. The van der Waals surface area contributed by atoms with Crippen LogP contribution >= 0.6 is 0 Å². The molecule has 7 aromatic rings. The number of ether oxygens (including phenoxy) is 1. The van der Waals surface area contributed by atoms with Gasteiger partial charge in [-0.25, -0.2) is 0 Å². The van der Waals surface area contributed by atoms with Crippen LogP contribution in [0.25, 0.3) is 44.5 Å². The first-order valence-corrected chi connectivity index (χ1v) is 17.3. The number of fused-ring (bicyclic) bond motifs is 5. The third kappa shape index (κ3) is 5.41. The molecule has 1 unspecified atom stereocenters. The zero-order valence-corrected chi connectivity index (χ0v) is 27.6. The summed E-state index contributed by atoms with van der Waals surface area (Å²) >= 11 is 0. The van der Waals surface area contributed by atoms with Crippen LogP contribution in [-0.4, -0.2) is 0 Å². The maximum absolute atomic E-state index is 7.00. The van der Waals surface area contributed by atoms with Crippen LogP contribution in [0.4, 0.5) is 17.1 Å². The van der Waals surface area contributed by atoms with E-state index in [9.17, 15) is 0 Å². The van der Waals surface area contributed by atoms with Crippen molar-refractivity contribution in [3.8, 4) is 56.0 Å². The minimum absolute atomic E-state index is 0.270. The van der Waals surface area contributed by atoms with Crippen LogP contribution in [0.15, 0.2) is 194 Å². The Morgan fingerprint density at radius 2 is 1.08 bits per heavy atom. The number of allylic oxidation sites excluding steroid dienone is 4. The average Bonchev–Trinajstić information content (AvgIpc) is 3.34. The smallest absolute Gasteiger partial charge is 0.139 e. The van der Waals surface area contributed by atoms with Gasteiger partial charge in [-0.1, -0.05) is 158 Å². The molecule has 2 heteroatoms. The van der Waals surface area contributed by atoms with Crippen molar-refractivity contribution in [1.29, 1.82) is 0 Å². The van der Waals surface area contributed by atoms with Crippen molar-refractivity contribution in [1.82, 2.24) is 0 Å². The summed E-state index contributed by atoms with van der Waals surface area (Å²) in [6.07, 6.45) is 9.76. The number of para-hydroxylation sites is 2. The van der Waals surface area contributed by atoms with Gasteiger partial charge in [0.05, 0.1) is 5.69 Å². The molecule has 0 saturated carbocycles. The average molecular weight is 642 g/mol. The van der Waals surface area contributed by atoms with Crippen molar-refractivity contribution >= 4 is 17.1 Å². The molecular formula is C48H35NO. The van der Waals surface area contributed by atoms with E-state index in [1.165, 1.54) is 33.4 Å². The van der Waals surface area contributed by atoms with Crippen molar-refractivity contribution in [2.75, 3.05) is 4.90 Å². The number of anilines is 3.